The van der Waals surface area contributed by atoms with Gasteiger partial charge in [0.05, 0.1) is 11.5 Å². The van der Waals surface area contributed by atoms with Crippen molar-refractivity contribution in [3.8, 4) is 6.07 Å². The Morgan fingerprint density at radius 1 is 1.33 bits per heavy atom. The molecule has 78 valence electrons. The van der Waals surface area contributed by atoms with Gasteiger partial charge in [-0.05, 0) is 38.4 Å². The third-order valence-corrected chi connectivity index (χ3v) is 3.24. The summed E-state index contributed by atoms with van der Waals surface area (Å²) in [6.07, 6.45) is 1.85. The summed E-state index contributed by atoms with van der Waals surface area (Å²) in [4.78, 5) is 0. The molecule has 0 amide bonds. The number of piperidine rings is 1. The maximum absolute atomic E-state index is 9.41. The first kappa shape index (κ1) is 10.2. The van der Waals surface area contributed by atoms with E-state index in [1.54, 1.807) is 0 Å². The Morgan fingerprint density at radius 3 is 2.67 bits per heavy atom. The van der Waals surface area contributed by atoms with Crippen molar-refractivity contribution in [3.63, 3.8) is 0 Å². The van der Waals surface area contributed by atoms with Crippen molar-refractivity contribution in [2.24, 2.45) is 0 Å². The van der Waals surface area contributed by atoms with Gasteiger partial charge in [0, 0.05) is 0 Å². The predicted octanol–water partition coefficient (Wildman–Crippen LogP) is 2.14. The zero-order chi connectivity index (χ0) is 10.7. The van der Waals surface area contributed by atoms with Gasteiger partial charge in [0.2, 0.25) is 0 Å². The van der Waals surface area contributed by atoms with Crippen molar-refractivity contribution in [2.45, 2.75) is 25.2 Å². The van der Waals surface area contributed by atoms with Crippen molar-refractivity contribution < 1.29 is 0 Å². The number of hydrogen-bond donors (Lipinski definition) is 1. The molecule has 1 aliphatic rings. The molecular weight excluding hydrogens is 184 g/mol. The average Bonchev–Trinajstić information content (AvgIpc) is 2.30. The Kier molecular flexibility index (Phi) is 2.75. The monoisotopic (exact) mass is 200 g/mol. The van der Waals surface area contributed by atoms with E-state index in [2.05, 4.69) is 36.5 Å². The van der Waals surface area contributed by atoms with Crippen molar-refractivity contribution in [1.29, 1.82) is 5.26 Å². The maximum Gasteiger partial charge on any atom is 0.0846 e. The predicted molar refractivity (Wildman–Crippen MR) is 60.6 cm³/mol. The normalized spacial score (nSPS) is 19.5. The van der Waals surface area contributed by atoms with E-state index in [-0.39, 0.29) is 5.41 Å². The van der Waals surface area contributed by atoms with Crippen LogP contribution in [0.25, 0.3) is 0 Å². The Bertz CT molecular complexity index is 384. The van der Waals surface area contributed by atoms with Crippen LogP contribution in [0.3, 0.4) is 0 Å². The fraction of sp³-hybridized carbons (Fsp3) is 0.462. The minimum atomic E-state index is -0.253. The molecule has 2 nitrogen and oxygen atoms in total. The molecule has 1 fully saturated rings. The topological polar surface area (TPSA) is 35.8 Å². The number of nitrogens with one attached hydrogen (secondary N) is 1. The van der Waals surface area contributed by atoms with Gasteiger partial charge in [0.1, 0.15) is 0 Å². The molecule has 1 aliphatic heterocycles. The van der Waals surface area contributed by atoms with Crippen LogP contribution in [0.5, 0.6) is 0 Å². The van der Waals surface area contributed by atoms with E-state index in [0.717, 1.165) is 25.9 Å². The van der Waals surface area contributed by atoms with Gasteiger partial charge in [0.15, 0.2) is 0 Å². The molecule has 0 aromatic heterocycles. The summed E-state index contributed by atoms with van der Waals surface area (Å²) in [6.45, 7) is 3.97. The van der Waals surface area contributed by atoms with Crippen LogP contribution >= 0.6 is 0 Å². The maximum atomic E-state index is 9.41. The van der Waals surface area contributed by atoms with Gasteiger partial charge in [-0.15, -0.1) is 0 Å². The molecule has 2 rings (SSSR count). The lowest BCUT2D eigenvalue weighted by molar-refractivity contribution is 0.382. The van der Waals surface area contributed by atoms with E-state index in [4.69, 9.17) is 0 Å². The van der Waals surface area contributed by atoms with Crippen LogP contribution in [0.4, 0.5) is 0 Å². The van der Waals surface area contributed by atoms with Crippen LogP contribution < -0.4 is 5.32 Å². The number of benzene rings is 1. The molecule has 1 saturated heterocycles. The van der Waals surface area contributed by atoms with Gasteiger partial charge in [-0.25, -0.2) is 0 Å². The van der Waals surface area contributed by atoms with Crippen LogP contribution in [0, 0.1) is 18.3 Å². The van der Waals surface area contributed by atoms with Gasteiger partial charge >= 0.3 is 0 Å². The number of rotatable bonds is 1. The quantitative estimate of drug-likeness (QED) is 0.754. The minimum absolute atomic E-state index is 0.253. The highest BCUT2D eigenvalue weighted by Crippen LogP contribution is 2.32. The first-order valence-electron chi connectivity index (χ1n) is 5.46. The number of hydrogen-bond acceptors (Lipinski definition) is 2. The molecule has 0 spiro atoms. The number of aryl methyl sites for hydroxylation is 1. The van der Waals surface area contributed by atoms with Crippen molar-refractivity contribution in [3.05, 3.63) is 35.4 Å². The Balaban J connectivity index is 2.37. The van der Waals surface area contributed by atoms with E-state index >= 15 is 0 Å². The summed E-state index contributed by atoms with van der Waals surface area (Å²) in [7, 11) is 0. The molecule has 1 aromatic rings. The first-order valence-corrected chi connectivity index (χ1v) is 5.46. The summed E-state index contributed by atoms with van der Waals surface area (Å²) in [5.41, 5.74) is 2.17. The summed E-state index contributed by atoms with van der Waals surface area (Å²) < 4.78 is 0. The largest absolute Gasteiger partial charge is 0.317 e. The lowest BCUT2D eigenvalue weighted by Gasteiger charge is -2.31. The van der Waals surface area contributed by atoms with Crippen LogP contribution in [0.1, 0.15) is 24.0 Å². The SMILES string of the molecule is Cc1cccc(C2(C#N)CCNCC2)c1. The fourth-order valence-corrected chi connectivity index (χ4v) is 2.26. The molecule has 0 aliphatic carbocycles. The molecular formula is C13H16N2. The molecule has 1 aromatic carbocycles. The molecule has 15 heavy (non-hydrogen) atoms. The third-order valence-electron chi connectivity index (χ3n) is 3.24. The average molecular weight is 200 g/mol. The lowest BCUT2D eigenvalue weighted by Crippen LogP contribution is -2.38. The van der Waals surface area contributed by atoms with Gasteiger partial charge < -0.3 is 5.32 Å². The zero-order valence-electron chi connectivity index (χ0n) is 9.09. The molecule has 2 heteroatoms. The molecule has 1 N–H and O–H groups in total. The van der Waals surface area contributed by atoms with Gasteiger partial charge in [0.25, 0.3) is 0 Å². The highest BCUT2D eigenvalue weighted by atomic mass is 14.9. The van der Waals surface area contributed by atoms with Crippen LogP contribution in [-0.2, 0) is 5.41 Å². The second kappa shape index (κ2) is 4.04. The number of nitrogens with zero attached hydrogens (tertiary/aromatic N) is 1. The Hall–Kier alpha value is -1.33. The molecule has 1 heterocycles. The molecule has 0 atom stereocenters. The van der Waals surface area contributed by atoms with Gasteiger partial charge in [-0.1, -0.05) is 29.8 Å². The molecule has 0 bridgehead atoms. The van der Waals surface area contributed by atoms with E-state index in [1.165, 1.54) is 11.1 Å². The van der Waals surface area contributed by atoms with E-state index in [9.17, 15) is 5.26 Å². The van der Waals surface area contributed by atoms with Crippen molar-refractivity contribution >= 4 is 0 Å². The Labute approximate surface area is 90.9 Å². The summed E-state index contributed by atoms with van der Waals surface area (Å²) in [5, 5.41) is 12.7. The molecule has 0 saturated carbocycles. The van der Waals surface area contributed by atoms with Crippen LogP contribution in [0.15, 0.2) is 24.3 Å². The van der Waals surface area contributed by atoms with E-state index in [1.807, 2.05) is 6.07 Å². The molecule has 0 radical (unpaired) electrons. The highest BCUT2D eigenvalue weighted by Gasteiger charge is 2.33. The zero-order valence-corrected chi connectivity index (χ0v) is 9.09. The standard InChI is InChI=1S/C13H16N2/c1-11-3-2-4-12(9-11)13(10-14)5-7-15-8-6-13/h2-4,9,15H,5-8H2,1H3. The minimum Gasteiger partial charge on any atom is -0.317 e. The van der Waals surface area contributed by atoms with Crippen LogP contribution in [0.2, 0.25) is 0 Å². The molecule has 0 unspecified atom stereocenters. The Morgan fingerprint density at radius 2 is 2.07 bits per heavy atom. The first-order chi connectivity index (χ1) is 7.27. The number of nitriles is 1. The summed E-state index contributed by atoms with van der Waals surface area (Å²) in [5.74, 6) is 0. The third kappa shape index (κ3) is 1.88. The van der Waals surface area contributed by atoms with Crippen molar-refractivity contribution in [2.75, 3.05) is 13.1 Å². The smallest absolute Gasteiger partial charge is 0.0846 e. The van der Waals surface area contributed by atoms with E-state index in [0.29, 0.717) is 0 Å². The van der Waals surface area contributed by atoms with E-state index < -0.39 is 0 Å². The van der Waals surface area contributed by atoms with Gasteiger partial charge in [-0.2, -0.15) is 5.26 Å². The van der Waals surface area contributed by atoms with Gasteiger partial charge in [-0.3, -0.25) is 0 Å². The summed E-state index contributed by atoms with van der Waals surface area (Å²) in [6, 6.07) is 10.9. The van der Waals surface area contributed by atoms with Crippen molar-refractivity contribution in [1.82, 2.24) is 5.32 Å². The fourth-order valence-electron chi connectivity index (χ4n) is 2.26. The highest BCUT2D eigenvalue weighted by molar-refractivity contribution is 5.35. The summed E-state index contributed by atoms with van der Waals surface area (Å²) >= 11 is 0. The van der Waals surface area contributed by atoms with Crippen LogP contribution in [-0.4, -0.2) is 13.1 Å². The second-order valence-corrected chi connectivity index (χ2v) is 4.31. The second-order valence-electron chi connectivity index (χ2n) is 4.31. The lowest BCUT2D eigenvalue weighted by atomic mass is 9.74.